The lowest BCUT2D eigenvalue weighted by atomic mass is 10.1. The fourth-order valence-electron chi connectivity index (χ4n) is 3.51. The Morgan fingerprint density at radius 2 is 1.92 bits per heavy atom. The van der Waals surface area contributed by atoms with E-state index in [0.717, 1.165) is 22.3 Å². The molecule has 1 aliphatic rings. The molecule has 0 saturated heterocycles. The van der Waals surface area contributed by atoms with Gasteiger partial charge in [0.25, 0.3) is 5.56 Å². The monoisotopic (exact) mass is 315 g/mol. The summed E-state index contributed by atoms with van der Waals surface area (Å²) in [5, 5.41) is 0. The number of rotatable bonds is 2. The van der Waals surface area contributed by atoms with Crippen LogP contribution in [0.15, 0.2) is 59.7 Å². The number of benzene rings is 2. The molecule has 2 aromatic heterocycles. The van der Waals surface area contributed by atoms with Gasteiger partial charge in [-0.1, -0.05) is 24.3 Å². The SMILES string of the molecule is Cc1ccccc1-n1c(=O)c2nccn2c2ccc(C3CC3)cc21. The van der Waals surface area contributed by atoms with Gasteiger partial charge < -0.3 is 0 Å². The van der Waals surface area contributed by atoms with Gasteiger partial charge >= 0.3 is 0 Å². The van der Waals surface area contributed by atoms with Crippen molar-refractivity contribution in [3.8, 4) is 5.69 Å². The third kappa shape index (κ3) is 1.86. The number of imidazole rings is 1. The Balaban J connectivity index is 1.98. The molecule has 5 rings (SSSR count). The first-order chi connectivity index (χ1) is 11.7. The minimum Gasteiger partial charge on any atom is -0.294 e. The quantitative estimate of drug-likeness (QED) is 0.564. The first-order valence-electron chi connectivity index (χ1n) is 8.32. The van der Waals surface area contributed by atoms with E-state index in [1.807, 2.05) is 46.4 Å². The summed E-state index contributed by atoms with van der Waals surface area (Å²) in [6, 6.07) is 14.5. The summed E-state index contributed by atoms with van der Waals surface area (Å²) in [7, 11) is 0. The van der Waals surface area contributed by atoms with Crippen LogP contribution in [-0.2, 0) is 0 Å². The number of nitrogens with zero attached hydrogens (tertiary/aromatic N) is 3. The van der Waals surface area contributed by atoms with Crippen LogP contribution in [0.25, 0.3) is 22.4 Å². The van der Waals surface area contributed by atoms with E-state index < -0.39 is 0 Å². The molecule has 1 fully saturated rings. The molecule has 1 aliphatic carbocycles. The van der Waals surface area contributed by atoms with Crippen molar-refractivity contribution in [1.82, 2.24) is 14.0 Å². The zero-order valence-electron chi connectivity index (χ0n) is 13.4. The van der Waals surface area contributed by atoms with Crippen molar-refractivity contribution in [2.24, 2.45) is 0 Å². The Morgan fingerprint density at radius 1 is 1.08 bits per heavy atom. The maximum atomic E-state index is 13.1. The molecule has 2 heterocycles. The van der Waals surface area contributed by atoms with E-state index in [2.05, 4.69) is 23.2 Å². The molecule has 0 amide bonds. The van der Waals surface area contributed by atoms with Gasteiger partial charge in [-0.3, -0.25) is 13.8 Å². The van der Waals surface area contributed by atoms with Crippen LogP contribution in [-0.4, -0.2) is 14.0 Å². The molecule has 0 unspecified atom stereocenters. The summed E-state index contributed by atoms with van der Waals surface area (Å²) in [5.74, 6) is 0.647. The van der Waals surface area contributed by atoms with Gasteiger partial charge in [-0.2, -0.15) is 0 Å². The third-order valence-corrected chi connectivity index (χ3v) is 4.94. The highest BCUT2D eigenvalue weighted by Crippen LogP contribution is 2.41. The maximum absolute atomic E-state index is 13.1. The highest BCUT2D eigenvalue weighted by atomic mass is 16.1. The Bertz CT molecular complexity index is 1150. The number of aryl methyl sites for hydroxylation is 1. The van der Waals surface area contributed by atoms with Crippen molar-refractivity contribution >= 4 is 16.7 Å². The fourth-order valence-corrected chi connectivity index (χ4v) is 3.51. The van der Waals surface area contributed by atoms with E-state index in [0.29, 0.717) is 11.6 Å². The smallest absolute Gasteiger partial charge is 0.294 e. The second-order valence-electron chi connectivity index (χ2n) is 6.57. The van der Waals surface area contributed by atoms with Crippen LogP contribution in [0.1, 0.15) is 29.9 Å². The van der Waals surface area contributed by atoms with Crippen LogP contribution >= 0.6 is 0 Å². The van der Waals surface area contributed by atoms with Gasteiger partial charge in [0.15, 0.2) is 0 Å². The van der Waals surface area contributed by atoms with Crippen LogP contribution in [0.3, 0.4) is 0 Å². The first-order valence-corrected chi connectivity index (χ1v) is 8.32. The Morgan fingerprint density at radius 3 is 2.71 bits per heavy atom. The van der Waals surface area contributed by atoms with Gasteiger partial charge in [0.2, 0.25) is 5.65 Å². The number of fused-ring (bicyclic) bond motifs is 3. The van der Waals surface area contributed by atoms with Gasteiger partial charge in [0, 0.05) is 12.4 Å². The highest BCUT2D eigenvalue weighted by molar-refractivity contribution is 5.81. The van der Waals surface area contributed by atoms with E-state index in [-0.39, 0.29) is 5.56 Å². The molecule has 24 heavy (non-hydrogen) atoms. The molecule has 1 saturated carbocycles. The second-order valence-corrected chi connectivity index (χ2v) is 6.57. The van der Waals surface area contributed by atoms with Crippen molar-refractivity contribution in [3.05, 3.63) is 76.3 Å². The van der Waals surface area contributed by atoms with Crippen LogP contribution in [0, 0.1) is 6.92 Å². The van der Waals surface area contributed by atoms with E-state index in [4.69, 9.17) is 0 Å². The average molecular weight is 315 g/mol. The molecule has 0 aliphatic heterocycles. The molecule has 2 aromatic carbocycles. The minimum absolute atomic E-state index is 0.0743. The standard InChI is InChI=1S/C20H17N3O/c1-13-4-2-3-5-16(13)23-18-12-15(14-6-7-14)8-9-17(18)22-11-10-21-19(22)20(23)24/h2-5,8-12,14H,6-7H2,1H3. The third-order valence-electron chi connectivity index (χ3n) is 4.94. The van der Waals surface area contributed by atoms with E-state index in [9.17, 15) is 4.79 Å². The second kappa shape index (κ2) is 4.81. The summed E-state index contributed by atoms with van der Waals surface area (Å²) in [4.78, 5) is 17.4. The molecule has 0 radical (unpaired) electrons. The van der Waals surface area contributed by atoms with Gasteiger partial charge in [-0.25, -0.2) is 4.98 Å². The molecule has 0 atom stereocenters. The van der Waals surface area contributed by atoms with Crippen LogP contribution < -0.4 is 5.56 Å². The Kier molecular flexibility index (Phi) is 2.71. The normalized spacial score (nSPS) is 14.5. The Hall–Kier alpha value is -2.88. The molecule has 4 nitrogen and oxygen atoms in total. The lowest BCUT2D eigenvalue weighted by Crippen LogP contribution is -2.22. The summed E-state index contributed by atoms with van der Waals surface area (Å²) in [6.07, 6.45) is 6.03. The predicted molar refractivity (Wildman–Crippen MR) is 95.0 cm³/mol. The predicted octanol–water partition coefficient (Wildman–Crippen LogP) is 3.82. The summed E-state index contributed by atoms with van der Waals surface area (Å²) in [5.41, 5.74) is 5.67. The minimum atomic E-state index is -0.0743. The number of hydrogen-bond donors (Lipinski definition) is 0. The van der Waals surface area contributed by atoms with Crippen molar-refractivity contribution in [2.45, 2.75) is 25.7 Å². The molecular formula is C20H17N3O. The number of hydrogen-bond acceptors (Lipinski definition) is 2. The van der Waals surface area contributed by atoms with Crippen molar-refractivity contribution in [1.29, 1.82) is 0 Å². The molecule has 4 heteroatoms. The topological polar surface area (TPSA) is 39.3 Å². The fraction of sp³-hybridized carbons (Fsp3) is 0.200. The highest BCUT2D eigenvalue weighted by Gasteiger charge is 2.24. The Labute approximate surface area is 139 Å². The van der Waals surface area contributed by atoms with Crippen molar-refractivity contribution in [3.63, 3.8) is 0 Å². The summed E-state index contributed by atoms with van der Waals surface area (Å²) < 4.78 is 3.71. The van der Waals surface area contributed by atoms with E-state index in [1.165, 1.54) is 18.4 Å². The van der Waals surface area contributed by atoms with Crippen molar-refractivity contribution in [2.75, 3.05) is 0 Å². The average Bonchev–Trinajstić information content (AvgIpc) is 3.33. The zero-order valence-corrected chi connectivity index (χ0v) is 13.4. The first kappa shape index (κ1) is 13.5. The molecule has 118 valence electrons. The lowest BCUT2D eigenvalue weighted by Gasteiger charge is -2.15. The van der Waals surface area contributed by atoms with Crippen LogP contribution in [0.4, 0.5) is 0 Å². The summed E-state index contributed by atoms with van der Waals surface area (Å²) in [6.45, 7) is 2.04. The molecule has 0 bridgehead atoms. The molecular weight excluding hydrogens is 298 g/mol. The van der Waals surface area contributed by atoms with Gasteiger partial charge in [-0.15, -0.1) is 0 Å². The van der Waals surface area contributed by atoms with Gasteiger partial charge in [0.1, 0.15) is 0 Å². The number of para-hydroxylation sites is 1. The van der Waals surface area contributed by atoms with E-state index in [1.54, 1.807) is 6.20 Å². The van der Waals surface area contributed by atoms with E-state index >= 15 is 0 Å². The van der Waals surface area contributed by atoms with Crippen LogP contribution in [0.2, 0.25) is 0 Å². The van der Waals surface area contributed by atoms with Crippen molar-refractivity contribution < 1.29 is 0 Å². The number of aromatic nitrogens is 3. The van der Waals surface area contributed by atoms with Gasteiger partial charge in [0.05, 0.1) is 16.7 Å². The molecule has 0 spiro atoms. The summed E-state index contributed by atoms with van der Waals surface area (Å²) >= 11 is 0. The maximum Gasteiger partial charge on any atom is 0.299 e. The molecule has 0 N–H and O–H groups in total. The van der Waals surface area contributed by atoms with Gasteiger partial charge in [-0.05, 0) is 55.0 Å². The lowest BCUT2D eigenvalue weighted by molar-refractivity contribution is 0.996. The zero-order chi connectivity index (χ0) is 16.3. The largest absolute Gasteiger partial charge is 0.299 e. The van der Waals surface area contributed by atoms with Crippen LogP contribution in [0.5, 0.6) is 0 Å². The molecule has 4 aromatic rings.